The Bertz CT molecular complexity index is 6520. The van der Waals surface area contributed by atoms with E-state index in [-0.39, 0.29) is 10.8 Å². The lowest BCUT2D eigenvalue weighted by molar-refractivity contribution is 0.369. The monoisotopic (exact) mass is 1520 g/mol. The van der Waals surface area contributed by atoms with E-state index in [2.05, 4.69) is 306 Å². The van der Waals surface area contributed by atoms with E-state index in [1.807, 2.05) is 0 Å². The Morgan fingerprint density at radius 1 is 0.239 bits per heavy atom. The summed E-state index contributed by atoms with van der Waals surface area (Å²) in [5.74, 6) is 0. The van der Waals surface area contributed by atoms with Crippen molar-refractivity contribution in [1.82, 2.24) is 0 Å². The van der Waals surface area contributed by atoms with Crippen molar-refractivity contribution in [3.8, 4) is 66.8 Å². The van der Waals surface area contributed by atoms with Crippen molar-refractivity contribution in [2.45, 2.75) is 203 Å². The van der Waals surface area contributed by atoms with Crippen LogP contribution in [0.15, 0.2) is 282 Å². The molecule has 0 radical (unpaired) electrons. The average Bonchev–Trinajstić information content (AvgIpc) is 1.49. The average molecular weight is 1520 g/mol. The predicted molar refractivity (Wildman–Crippen MR) is 492 cm³/mol. The van der Waals surface area contributed by atoms with Gasteiger partial charge in [0, 0.05) is 55.0 Å². The van der Waals surface area contributed by atoms with Crippen LogP contribution in [0.2, 0.25) is 0 Å². The van der Waals surface area contributed by atoms with Crippen LogP contribution in [0.3, 0.4) is 0 Å². The number of hydrogen-bond donors (Lipinski definition) is 0. The van der Waals surface area contributed by atoms with Gasteiger partial charge in [0.1, 0.15) is 22.3 Å². The summed E-state index contributed by atoms with van der Waals surface area (Å²) in [6.45, 7) is 9.51. The second kappa shape index (κ2) is 28.8. The van der Waals surface area contributed by atoms with Crippen molar-refractivity contribution in [3.05, 3.63) is 340 Å². The number of benzene rings is 14. The fraction of sp³-hybridized carbons (Fsp3) is 0.281. The predicted octanol–water partition coefficient (Wildman–Crippen LogP) is 32.8. The maximum atomic E-state index is 7.68. The molecule has 2 heterocycles. The lowest BCUT2D eigenvalue weighted by Crippen LogP contribution is -2.33. The van der Waals surface area contributed by atoms with E-state index in [1.165, 1.54) is 278 Å². The molecule has 22 rings (SSSR count). The third-order valence-electron chi connectivity index (χ3n) is 29.4. The van der Waals surface area contributed by atoms with E-state index in [1.54, 1.807) is 16.7 Å². The SMILES string of the molecule is CCCCCCCC1(CCCCCCC)c2ccccc2-c2c1c1c(c3c2oc2ccccc23)-c2ccc(N(c3ccc4c(c3)C3(c5ccccc5-c5ccccc53)c3cc5c(cc3-4)C3(c4ccccc4-c4ccccc43)c3ccc4oc6ccccc6c4c3-5)c3ccc4ccccc4c3)cc2C1(CCCCCCC)CCCCCCC. The molecule has 6 aliphatic rings. The Balaban J connectivity index is 0.814. The number of nitrogens with zero attached hydrogens (tertiary/aromatic N) is 1. The zero-order valence-corrected chi connectivity index (χ0v) is 68.7. The first kappa shape index (κ1) is 72.2. The van der Waals surface area contributed by atoms with Gasteiger partial charge in [0.15, 0.2) is 0 Å². The molecule has 0 amide bonds. The van der Waals surface area contributed by atoms with Gasteiger partial charge in [-0.3, -0.25) is 0 Å². The Morgan fingerprint density at radius 2 is 0.632 bits per heavy atom. The van der Waals surface area contributed by atoms with E-state index in [0.29, 0.717) is 0 Å². The highest BCUT2D eigenvalue weighted by atomic mass is 16.3. The van der Waals surface area contributed by atoms with Crippen molar-refractivity contribution in [2.75, 3.05) is 4.90 Å². The van der Waals surface area contributed by atoms with E-state index < -0.39 is 10.8 Å². The molecule has 0 bridgehead atoms. The van der Waals surface area contributed by atoms with E-state index >= 15 is 0 Å². The first-order chi connectivity index (χ1) is 57.9. The Labute approximate surface area is 690 Å². The molecule has 6 aliphatic carbocycles. The molecule has 0 unspecified atom stereocenters. The van der Waals surface area contributed by atoms with Crippen molar-refractivity contribution in [1.29, 1.82) is 0 Å². The smallest absolute Gasteiger partial charge is 0.144 e. The quantitative estimate of drug-likeness (QED) is 0.0481. The molecule has 578 valence electrons. The molecule has 3 heteroatoms. The molecule has 0 atom stereocenters. The molecule has 0 saturated heterocycles. The summed E-state index contributed by atoms with van der Waals surface area (Å²) >= 11 is 0. The molecule has 0 N–H and O–H groups in total. The van der Waals surface area contributed by atoms with Crippen LogP contribution in [0.1, 0.15) is 249 Å². The number of para-hydroxylation sites is 2. The molecule has 117 heavy (non-hydrogen) atoms. The summed E-state index contributed by atoms with van der Waals surface area (Å²) in [5.41, 5.74) is 38.7. The van der Waals surface area contributed by atoms with Crippen molar-refractivity contribution >= 4 is 71.7 Å². The van der Waals surface area contributed by atoms with Crippen LogP contribution in [-0.2, 0) is 21.7 Å². The molecule has 0 aliphatic heterocycles. The number of furan rings is 2. The van der Waals surface area contributed by atoms with Gasteiger partial charge in [0.2, 0.25) is 0 Å². The molecule has 16 aromatic rings. The molecule has 14 aromatic carbocycles. The zero-order chi connectivity index (χ0) is 78.1. The normalized spacial score (nSPS) is 14.9. The van der Waals surface area contributed by atoms with Crippen LogP contribution in [0.5, 0.6) is 0 Å². The van der Waals surface area contributed by atoms with Crippen LogP contribution < -0.4 is 4.90 Å². The fourth-order valence-electron chi connectivity index (χ4n) is 24.5. The van der Waals surface area contributed by atoms with Gasteiger partial charge in [-0.05, 0) is 231 Å². The van der Waals surface area contributed by atoms with Crippen LogP contribution in [0.25, 0.3) is 121 Å². The summed E-state index contributed by atoms with van der Waals surface area (Å²) in [6.07, 6.45) is 29.4. The standard InChI is InChI=1S/C114H105NO2/c1-5-9-13-17-37-65-111(66-38-18-14-10-6-2)90-50-30-27-47-84(90)107-109(111)108-105(106-87-49-29-36-56-101(87)117-110(106)107)85-62-60-77(70-96(85)112(108,67-39-19-15-11-7-3)68-40-20-16-12-8-4)115(76-58-57-74-41-21-22-42-75(74)69-76)78-59-61-83-88-72-99-89(73-98(88)114(97(83)71-78)93-53-33-25-45-81(93)82-46-26-34-54-94(82)114)103-95(63-64-102-104(103)86-48-28-35-55-100(86)116-102)113(99)91-51-31-23-43-79(91)80-44-24-32-52-92(80)113/h21-36,41-64,69-73H,5-20,37-40,65-68H2,1-4H3. The fourth-order valence-corrected chi connectivity index (χ4v) is 24.5. The van der Waals surface area contributed by atoms with Gasteiger partial charge in [-0.15, -0.1) is 0 Å². The molecule has 2 spiro atoms. The van der Waals surface area contributed by atoms with Gasteiger partial charge in [-0.1, -0.05) is 362 Å². The topological polar surface area (TPSA) is 29.5 Å². The lowest BCUT2D eigenvalue weighted by atomic mass is 9.62. The van der Waals surface area contributed by atoms with E-state index in [0.717, 1.165) is 64.8 Å². The Kier molecular flexibility index (Phi) is 17.8. The van der Waals surface area contributed by atoms with E-state index in [9.17, 15) is 0 Å². The van der Waals surface area contributed by atoms with Crippen LogP contribution in [-0.4, -0.2) is 0 Å². The second-order valence-corrected chi connectivity index (χ2v) is 35.6. The molecule has 3 nitrogen and oxygen atoms in total. The highest BCUT2D eigenvalue weighted by Crippen LogP contribution is 2.72. The lowest BCUT2D eigenvalue weighted by Gasteiger charge is -2.40. The summed E-state index contributed by atoms with van der Waals surface area (Å²) in [6, 6.07) is 107. The van der Waals surface area contributed by atoms with E-state index in [4.69, 9.17) is 8.83 Å². The molecular formula is C114H105NO2. The largest absolute Gasteiger partial charge is 0.456 e. The maximum absolute atomic E-state index is 7.68. The number of anilines is 3. The van der Waals surface area contributed by atoms with Gasteiger partial charge < -0.3 is 13.7 Å². The number of fused-ring (bicyclic) bond motifs is 37. The summed E-state index contributed by atoms with van der Waals surface area (Å²) in [5, 5.41) is 7.37. The maximum Gasteiger partial charge on any atom is 0.144 e. The van der Waals surface area contributed by atoms with Gasteiger partial charge in [-0.25, -0.2) is 0 Å². The third kappa shape index (κ3) is 10.5. The van der Waals surface area contributed by atoms with Crippen molar-refractivity contribution < 1.29 is 8.83 Å². The molecular weight excluding hydrogens is 1420 g/mol. The third-order valence-corrected chi connectivity index (χ3v) is 29.4. The molecule has 2 aromatic heterocycles. The van der Waals surface area contributed by atoms with Crippen molar-refractivity contribution in [3.63, 3.8) is 0 Å². The zero-order valence-electron chi connectivity index (χ0n) is 68.7. The minimum absolute atomic E-state index is 0.190. The number of unbranched alkanes of at least 4 members (excludes halogenated alkanes) is 16. The van der Waals surface area contributed by atoms with Gasteiger partial charge in [0.05, 0.1) is 10.8 Å². The van der Waals surface area contributed by atoms with Gasteiger partial charge >= 0.3 is 0 Å². The number of rotatable bonds is 27. The Morgan fingerprint density at radius 3 is 1.21 bits per heavy atom. The van der Waals surface area contributed by atoms with Crippen LogP contribution in [0.4, 0.5) is 17.1 Å². The first-order valence-corrected chi connectivity index (χ1v) is 45.1. The molecule has 0 saturated carbocycles. The number of hydrogen-bond acceptors (Lipinski definition) is 3. The first-order valence-electron chi connectivity index (χ1n) is 45.1. The van der Waals surface area contributed by atoms with Gasteiger partial charge in [-0.2, -0.15) is 0 Å². The highest BCUT2D eigenvalue weighted by Gasteiger charge is 2.59. The minimum atomic E-state index is -0.703. The van der Waals surface area contributed by atoms with Crippen LogP contribution in [0, 0.1) is 0 Å². The molecule has 0 fully saturated rings. The second-order valence-electron chi connectivity index (χ2n) is 35.6. The van der Waals surface area contributed by atoms with Crippen molar-refractivity contribution in [2.24, 2.45) is 0 Å². The van der Waals surface area contributed by atoms with Crippen LogP contribution >= 0.6 is 0 Å². The summed E-state index contributed by atoms with van der Waals surface area (Å²) in [4.78, 5) is 2.70. The van der Waals surface area contributed by atoms with Gasteiger partial charge in [0.25, 0.3) is 0 Å². The highest BCUT2D eigenvalue weighted by molar-refractivity contribution is 6.22. The minimum Gasteiger partial charge on any atom is -0.456 e. The summed E-state index contributed by atoms with van der Waals surface area (Å²) in [7, 11) is 0. The summed E-state index contributed by atoms with van der Waals surface area (Å²) < 4.78 is 14.6. The Hall–Kier alpha value is -11.3.